The smallest absolute Gasteiger partial charge is 0.250 e. The van der Waals surface area contributed by atoms with Crippen LogP contribution in [-0.4, -0.2) is 22.9 Å². The average Bonchev–Trinajstić information content (AvgIpc) is 2.71. The van der Waals surface area contributed by atoms with Crippen molar-refractivity contribution in [2.45, 2.75) is 77.8 Å². The number of carbonyl (C=O) groups is 1. The topological polar surface area (TPSA) is 35.5 Å². The molecular weight excluding hydrogens is 452 g/mol. The maximum Gasteiger partial charge on any atom is 0.250 e. The summed E-state index contributed by atoms with van der Waals surface area (Å²) >= 11 is 0. The number of rotatable bonds is 8. The van der Waals surface area contributed by atoms with Gasteiger partial charge in [-0.05, 0) is 71.2 Å². The molecule has 0 heterocycles. The number of hydrogen-bond donors (Lipinski definition) is 0. The Morgan fingerprint density at radius 3 is 1.50 bits per heavy atom. The number of aldehydes is 1. The molecule has 2 aromatic carbocycles. The average molecular weight is 495 g/mol. The minimum absolute atomic E-state index is 0.0904. The molecule has 2 aromatic rings. The maximum absolute atomic E-state index is 10.5. The lowest BCUT2D eigenvalue weighted by atomic mass is 10.1. The van der Waals surface area contributed by atoms with Gasteiger partial charge in [0.05, 0.1) is 0 Å². The summed E-state index contributed by atoms with van der Waals surface area (Å²) < 4.78 is 13.5. The highest BCUT2D eigenvalue weighted by molar-refractivity contribution is 6.75. The molecule has 0 N–H and O–H groups in total. The zero-order valence-electron chi connectivity index (χ0n) is 22.7. The molecule has 0 aliphatic rings. The van der Waals surface area contributed by atoms with Crippen LogP contribution in [-0.2, 0) is 4.79 Å². The zero-order valence-corrected chi connectivity index (χ0v) is 24.7. The van der Waals surface area contributed by atoms with Crippen molar-refractivity contribution in [2.24, 2.45) is 0 Å². The van der Waals surface area contributed by atoms with Gasteiger partial charge in [-0.2, -0.15) is 0 Å². The summed E-state index contributed by atoms with van der Waals surface area (Å²) in [6.07, 6.45) is 8.28. The van der Waals surface area contributed by atoms with Crippen molar-refractivity contribution in [3.8, 4) is 11.5 Å². The first kappa shape index (κ1) is 27.9. The molecule has 5 heteroatoms. The quantitative estimate of drug-likeness (QED) is 0.159. The minimum atomic E-state index is -2.05. The van der Waals surface area contributed by atoms with Crippen molar-refractivity contribution in [1.29, 1.82) is 0 Å². The lowest BCUT2D eigenvalue weighted by Crippen LogP contribution is -2.45. The highest BCUT2D eigenvalue weighted by atomic mass is 28.4. The van der Waals surface area contributed by atoms with Crippen molar-refractivity contribution in [3.63, 3.8) is 0 Å². The molecule has 0 aromatic heterocycles. The van der Waals surface area contributed by atoms with Crippen molar-refractivity contribution in [3.05, 3.63) is 65.2 Å². The van der Waals surface area contributed by atoms with Crippen LogP contribution in [0, 0.1) is 0 Å². The summed E-state index contributed by atoms with van der Waals surface area (Å²) in [4.78, 5) is 10.5. The zero-order chi connectivity index (χ0) is 25.8. The first-order valence-corrected chi connectivity index (χ1v) is 17.8. The molecule has 0 bridgehead atoms. The fourth-order valence-electron chi connectivity index (χ4n) is 2.71. The normalized spacial score (nSPS) is 13.5. The summed E-state index contributed by atoms with van der Waals surface area (Å²) in [5.41, 5.74) is 3.17. The minimum Gasteiger partial charge on any atom is -0.541 e. The molecular formula is C29H42O3Si2. The van der Waals surface area contributed by atoms with Gasteiger partial charge in [0.2, 0.25) is 0 Å². The monoisotopic (exact) mass is 494 g/mol. The van der Waals surface area contributed by atoms with E-state index in [1.54, 1.807) is 6.08 Å². The van der Waals surface area contributed by atoms with Crippen LogP contribution < -0.4 is 8.85 Å². The highest BCUT2D eigenvalue weighted by Crippen LogP contribution is 2.43. The highest BCUT2D eigenvalue weighted by Gasteiger charge is 2.42. The second-order valence-corrected chi connectivity index (χ2v) is 21.4. The molecule has 0 spiro atoms. The number of benzene rings is 2. The van der Waals surface area contributed by atoms with E-state index in [2.05, 4.69) is 98.1 Å². The molecule has 0 saturated heterocycles. The molecule has 0 unspecified atom stereocenters. The predicted octanol–water partition coefficient (Wildman–Crippen LogP) is 8.84. The van der Waals surface area contributed by atoms with Crippen molar-refractivity contribution >= 4 is 41.1 Å². The summed E-state index contributed by atoms with van der Waals surface area (Å²) in [7, 11) is -4.06. The predicted molar refractivity (Wildman–Crippen MR) is 153 cm³/mol. The van der Waals surface area contributed by atoms with Crippen LogP contribution in [0.2, 0.25) is 36.3 Å². The van der Waals surface area contributed by atoms with Gasteiger partial charge in [0.15, 0.2) is 0 Å². The second kappa shape index (κ2) is 10.5. The van der Waals surface area contributed by atoms with Crippen LogP contribution in [0.4, 0.5) is 0 Å². The molecule has 0 amide bonds. The largest absolute Gasteiger partial charge is 0.541 e. The Morgan fingerprint density at radius 1 is 0.618 bits per heavy atom. The molecule has 0 aliphatic heterocycles. The molecule has 2 rings (SSSR count). The Bertz CT molecular complexity index is 1030. The van der Waals surface area contributed by atoms with Gasteiger partial charge in [-0.15, -0.1) is 0 Å². The van der Waals surface area contributed by atoms with Crippen molar-refractivity contribution in [1.82, 2.24) is 0 Å². The van der Waals surface area contributed by atoms with Gasteiger partial charge in [-0.25, -0.2) is 0 Å². The van der Waals surface area contributed by atoms with E-state index in [1.165, 1.54) is 6.08 Å². The SMILES string of the molecule is CC(C)(C)[Si](C)(C)Oc1ccc(/C=C/c2ccc(/C=C/C=O)cc2)cc1O[Si](C)(C)C(C)(C)C. The van der Waals surface area contributed by atoms with Crippen LogP contribution in [0.5, 0.6) is 11.5 Å². The Hall–Kier alpha value is -2.38. The molecule has 184 valence electrons. The van der Waals surface area contributed by atoms with Gasteiger partial charge >= 0.3 is 0 Å². The van der Waals surface area contributed by atoms with Gasteiger partial charge in [-0.1, -0.05) is 90.1 Å². The van der Waals surface area contributed by atoms with E-state index in [4.69, 9.17) is 8.85 Å². The lowest BCUT2D eigenvalue weighted by molar-refractivity contribution is -0.104. The fraction of sp³-hybridized carbons (Fsp3) is 0.414. The molecule has 0 atom stereocenters. The number of hydrogen-bond acceptors (Lipinski definition) is 3. The van der Waals surface area contributed by atoms with E-state index < -0.39 is 16.6 Å². The summed E-state index contributed by atoms with van der Waals surface area (Å²) in [6, 6.07) is 14.4. The van der Waals surface area contributed by atoms with E-state index >= 15 is 0 Å². The summed E-state index contributed by atoms with van der Waals surface area (Å²) in [5.74, 6) is 1.69. The van der Waals surface area contributed by atoms with Gasteiger partial charge in [0.25, 0.3) is 16.6 Å². The summed E-state index contributed by atoms with van der Waals surface area (Å²) in [5, 5.41) is 0.194. The maximum atomic E-state index is 10.5. The second-order valence-electron chi connectivity index (χ2n) is 11.9. The molecule has 0 saturated carbocycles. The van der Waals surface area contributed by atoms with Crippen LogP contribution >= 0.6 is 0 Å². The van der Waals surface area contributed by atoms with Crippen LogP contribution in [0.1, 0.15) is 58.2 Å². The number of allylic oxidation sites excluding steroid dienone is 1. The van der Waals surface area contributed by atoms with Gasteiger partial charge in [0, 0.05) is 0 Å². The third kappa shape index (κ3) is 7.31. The van der Waals surface area contributed by atoms with Crippen molar-refractivity contribution in [2.75, 3.05) is 0 Å². The van der Waals surface area contributed by atoms with Gasteiger partial charge in [0.1, 0.15) is 17.8 Å². The Balaban J connectivity index is 2.40. The van der Waals surface area contributed by atoms with Gasteiger partial charge < -0.3 is 8.85 Å². The molecule has 0 radical (unpaired) electrons. The lowest BCUT2D eigenvalue weighted by Gasteiger charge is -2.39. The Morgan fingerprint density at radius 2 is 1.03 bits per heavy atom. The Kier molecular flexibility index (Phi) is 8.59. The number of carbonyl (C=O) groups excluding carboxylic acids is 1. The van der Waals surface area contributed by atoms with E-state index in [0.29, 0.717) is 0 Å². The van der Waals surface area contributed by atoms with E-state index in [9.17, 15) is 4.79 Å². The summed E-state index contributed by atoms with van der Waals surface area (Å²) in [6.45, 7) is 22.6. The van der Waals surface area contributed by atoms with E-state index in [1.807, 2.05) is 24.3 Å². The van der Waals surface area contributed by atoms with Gasteiger partial charge in [-0.3, -0.25) is 4.79 Å². The van der Waals surface area contributed by atoms with E-state index in [0.717, 1.165) is 34.5 Å². The van der Waals surface area contributed by atoms with Crippen LogP contribution in [0.3, 0.4) is 0 Å². The molecule has 34 heavy (non-hydrogen) atoms. The standard InChI is InChI=1S/C29H42O3Si2/c1-28(2,3)33(7,8)31-26-20-19-25(22-27(26)32-34(9,10)29(4,5)6)18-17-24-15-13-23(14-16-24)12-11-21-30/h11-22H,1-10H3/b12-11+,18-17+. The third-order valence-corrected chi connectivity index (χ3v) is 15.8. The first-order chi connectivity index (χ1) is 15.6. The van der Waals surface area contributed by atoms with E-state index in [-0.39, 0.29) is 10.1 Å². The Labute approximate surface area is 209 Å². The van der Waals surface area contributed by atoms with Crippen molar-refractivity contribution < 1.29 is 13.6 Å². The molecule has 0 aliphatic carbocycles. The fourth-order valence-corrected chi connectivity index (χ4v) is 4.75. The van der Waals surface area contributed by atoms with Crippen LogP contribution in [0.25, 0.3) is 18.2 Å². The molecule has 0 fully saturated rings. The first-order valence-electron chi connectivity index (χ1n) is 12.0. The van der Waals surface area contributed by atoms with Crippen LogP contribution in [0.15, 0.2) is 48.5 Å². The molecule has 3 nitrogen and oxygen atoms in total. The third-order valence-electron chi connectivity index (χ3n) is 7.08.